The van der Waals surface area contributed by atoms with Gasteiger partial charge in [-0.15, -0.1) is 0 Å². The van der Waals surface area contributed by atoms with Crippen molar-refractivity contribution < 1.29 is 10.2 Å². The summed E-state index contributed by atoms with van der Waals surface area (Å²) in [6.45, 7) is 4.97. The maximum absolute atomic E-state index is 9.35. The van der Waals surface area contributed by atoms with E-state index in [2.05, 4.69) is 10.2 Å². The van der Waals surface area contributed by atoms with E-state index in [-0.39, 0.29) is 6.10 Å². The first-order chi connectivity index (χ1) is 5.72. The summed E-state index contributed by atoms with van der Waals surface area (Å²) in [7, 11) is 0. The molecule has 4 nitrogen and oxygen atoms in total. The van der Waals surface area contributed by atoms with Gasteiger partial charge in [0, 0.05) is 26.2 Å². The van der Waals surface area contributed by atoms with Crippen LogP contribution in [0.5, 0.6) is 0 Å². The molecule has 0 spiro atoms. The van der Waals surface area contributed by atoms with Crippen LogP contribution in [0.1, 0.15) is 13.3 Å². The summed E-state index contributed by atoms with van der Waals surface area (Å²) in [6.07, 6.45) is 0.0955. The number of nitrogens with one attached hydrogen (secondary N) is 1. The summed E-state index contributed by atoms with van der Waals surface area (Å²) >= 11 is 0. The first-order valence-electron chi connectivity index (χ1n) is 4.54. The number of rotatable bonds is 3. The molecule has 0 amide bonds. The molecule has 1 rings (SSSR count). The van der Waals surface area contributed by atoms with Crippen LogP contribution in [0.4, 0.5) is 0 Å². The van der Waals surface area contributed by atoms with Crippen molar-refractivity contribution in [2.75, 3.05) is 26.2 Å². The van der Waals surface area contributed by atoms with Gasteiger partial charge in [-0.25, -0.2) is 0 Å². The van der Waals surface area contributed by atoms with Gasteiger partial charge in [-0.1, -0.05) is 6.92 Å². The highest BCUT2D eigenvalue weighted by atomic mass is 16.3. The Hall–Kier alpha value is -0.160. The molecule has 12 heavy (non-hydrogen) atoms. The van der Waals surface area contributed by atoms with E-state index in [9.17, 15) is 10.2 Å². The topological polar surface area (TPSA) is 55.7 Å². The zero-order chi connectivity index (χ0) is 8.97. The van der Waals surface area contributed by atoms with Gasteiger partial charge in [0.2, 0.25) is 0 Å². The Morgan fingerprint density at radius 1 is 1.67 bits per heavy atom. The zero-order valence-electron chi connectivity index (χ0n) is 7.53. The molecule has 0 aromatic heterocycles. The first-order valence-corrected chi connectivity index (χ1v) is 4.54. The van der Waals surface area contributed by atoms with Gasteiger partial charge in [-0.05, 0) is 6.42 Å². The predicted molar refractivity (Wildman–Crippen MR) is 46.7 cm³/mol. The van der Waals surface area contributed by atoms with Crippen LogP contribution < -0.4 is 5.32 Å². The van der Waals surface area contributed by atoms with Crippen LogP contribution >= 0.6 is 0 Å². The molecule has 0 aromatic rings. The van der Waals surface area contributed by atoms with Gasteiger partial charge in [0.15, 0.2) is 0 Å². The Balaban J connectivity index is 2.22. The SMILES string of the molecule is CCC(O)CN1CCNC(O)C1. The fourth-order valence-corrected chi connectivity index (χ4v) is 1.38. The maximum atomic E-state index is 9.35. The molecule has 2 atom stereocenters. The summed E-state index contributed by atoms with van der Waals surface area (Å²) in [4.78, 5) is 2.08. The molecule has 2 unspecified atom stereocenters. The molecule has 3 N–H and O–H groups in total. The number of hydrogen-bond donors (Lipinski definition) is 3. The van der Waals surface area contributed by atoms with Crippen molar-refractivity contribution in [3.63, 3.8) is 0 Å². The highest BCUT2D eigenvalue weighted by molar-refractivity contribution is 4.72. The van der Waals surface area contributed by atoms with Crippen LogP contribution in [-0.4, -0.2) is 53.6 Å². The molecule has 1 saturated heterocycles. The monoisotopic (exact) mass is 174 g/mol. The van der Waals surface area contributed by atoms with Crippen LogP contribution in [0, 0.1) is 0 Å². The fourth-order valence-electron chi connectivity index (χ4n) is 1.38. The number of aliphatic hydroxyl groups excluding tert-OH is 2. The third kappa shape index (κ3) is 3.06. The van der Waals surface area contributed by atoms with E-state index in [1.165, 1.54) is 0 Å². The van der Waals surface area contributed by atoms with Crippen molar-refractivity contribution in [1.82, 2.24) is 10.2 Å². The Labute approximate surface area is 73.2 Å². The highest BCUT2D eigenvalue weighted by Gasteiger charge is 2.18. The lowest BCUT2D eigenvalue weighted by molar-refractivity contribution is 0.0282. The van der Waals surface area contributed by atoms with Crippen LogP contribution in [0.15, 0.2) is 0 Å². The molecular weight excluding hydrogens is 156 g/mol. The number of aliphatic hydroxyl groups is 2. The van der Waals surface area contributed by atoms with E-state index in [0.717, 1.165) is 19.5 Å². The number of β-amino-alcohol motifs (C(OH)–C–C–N with tert-alkyl or cyclic N) is 2. The largest absolute Gasteiger partial charge is 0.392 e. The van der Waals surface area contributed by atoms with E-state index in [4.69, 9.17) is 0 Å². The second-order valence-corrected chi connectivity index (χ2v) is 3.29. The van der Waals surface area contributed by atoms with Gasteiger partial charge in [-0.3, -0.25) is 10.2 Å². The minimum Gasteiger partial charge on any atom is -0.392 e. The summed E-state index contributed by atoms with van der Waals surface area (Å²) < 4.78 is 0. The van der Waals surface area contributed by atoms with Crippen molar-refractivity contribution in [2.24, 2.45) is 0 Å². The van der Waals surface area contributed by atoms with Crippen LogP contribution in [0.3, 0.4) is 0 Å². The van der Waals surface area contributed by atoms with Crippen molar-refractivity contribution in [3.05, 3.63) is 0 Å². The molecule has 4 heteroatoms. The fraction of sp³-hybridized carbons (Fsp3) is 1.00. The van der Waals surface area contributed by atoms with E-state index >= 15 is 0 Å². The van der Waals surface area contributed by atoms with Gasteiger partial charge in [0.1, 0.15) is 6.23 Å². The molecule has 1 aliphatic rings. The Morgan fingerprint density at radius 2 is 2.42 bits per heavy atom. The normalized spacial score (nSPS) is 28.8. The molecule has 0 radical (unpaired) electrons. The van der Waals surface area contributed by atoms with Gasteiger partial charge in [-0.2, -0.15) is 0 Å². The Bertz CT molecular complexity index is 132. The standard InChI is InChI=1S/C8H18N2O2/c1-2-7(11)5-10-4-3-9-8(12)6-10/h7-9,11-12H,2-6H2,1H3. The number of hydrogen-bond acceptors (Lipinski definition) is 4. The maximum Gasteiger partial charge on any atom is 0.117 e. The van der Waals surface area contributed by atoms with Gasteiger partial charge in [0.05, 0.1) is 6.10 Å². The lowest BCUT2D eigenvalue weighted by Crippen LogP contribution is -2.52. The van der Waals surface area contributed by atoms with E-state index < -0.39 is 6.23 Å². The Kier molecular flexibility index (Phi) is 3.94. The van der Waals surface area contributed by atoms with Gasteiger partial charge >= 0.3 is 0 Å². The molecule has 0 bridgehead atoms. The van der Waals surface area contributed by atoms with Gasteiger partial charge < -0.3 is 10.2 Å². The van der Waals surface area contributed by atoms with Crippen molar-refractivity contribution in [3.8, 4) is 0 Å². The molecule has 0 saturated carbocycles. The number of nitrogens with zero attached hydrogens (tertiary/aromatic N) is 1. The predicted octanol–water partition coefficient (Wildman–Crippen LogP) is -1.02. The number of piperazine rings is 1. The lowest BCUT2D eigenvalue weighted by atomic mass is 10.2. The molecule has 0 aromatic carbocycles. The van der Waals surface area contributed by atoms with Crippen LogP contribution in [0.2, 0.25) is 0 Å². The lowest BCUT2D eigenvalue weighted by Gasteiger charge is -2.31. The minimum absolute atomic E-state index is 0.254. The minimum atomic E-state index is -0.428. The molecule has 0 aliphatic carbocycles. The van der Waals surface area contributed by atoms with E-state index in [0.29, 0.717) is 13.1 Å². The summed E-state index contributed by atoms with van der Waals surface area (Å²) in [5.41, 5.74) is 0. The first kappa shape index (κ1) is 9.92. The summed E-state index contributed by atoms with van der Waals surface area (Å²) in [6, 6.07) is 0. The van der Waals surface area contributed by atoms with E-state index in [1.807, 2.05) is 6.92 Å². The van der Waals surface area contributed by atoms with E-state index in [1.54, 1.807) is 0 Å². The van der Waals surface area contributed by atoms with Crippen molar-refractivity contribution in [1.29, 1.82) is 0 Å². The average molecular weight is 174 g/mol. The van der Waals surface area contributed by atoms with Gasteiger partial charge in [0.25, 0.3) is 0 Å². The zero-order valence-corrected chi connectivity index (χ0v) is 7.53. The quantitative estimate of drug-likeness (QED) is 0.513. The Morgan fingerprint density at radius 3 is 3.00 bits per heavy atom. The molecule has 1 aliphatic heterocycles. The molecule has 1 heterocycles. The third-order valence-corrected chi connectivity index (χ3v) is 2.18. The summed E-state index contributed by atoms with van der Waals surface area (Å²) in [5, 5.41) is 21.5. The highest BCUT2D eigenvalue weighted by Crippen LogP contribution is 2.00. The average Bonchev–Trinajstić information content (AvgIpc) is 2.04. The summed E-state index contributed by atoms with van der Waals surface area (Å²) in [5.74, 6) is 0. The second kappa shape index (κ2) is 4.77. The smallest absolute Gasteiger partial charge is 0.117 e. The van der Waals surface area contributed by atoms with Crippen molar-refractivity contribution >= 4 is 0 Å². The second-order valence-electron chi connectivity index (χ2n) is 3.29. The molecular formula is C8H18N2O2. The van der Waals surface area contributed by atoms with Crippen LogP contribution in [0.25, 0.3) is 0 Å². The molecule has 1 fully saturated rings. The third-order valence-electron chi connectivity index (χ3n) is 2.18. The van der Waals surface area contributed by atoms with Crippen LogP contribution in [-0.2, 0) is 0 Å². The molecule has 72 valence electrons. The van der Waals surface area contributed by atoms with Crippen molar-refractivity contribution in [2.45, 2.75) is 25.7 Å².